The van der Waals surface area contributed by atoms with Crippen molar-refractivity contribution in [3.8, 4) is 0 Å². The summed E-state index contributed by atoms with van der Waals surface area (Å²) in [6.45, 7) is 4.52. The molecule has 0 fully saturated rings. The molecule has 0 aromatic carbocycles. The van der Waals surface area contributed by atoms with Crippen LogP contribution in [-0.2, 0) is 65.4 Å². The molecule has 5 atom stereocenters. The Morgan fingerprint density at radius 2 is 0.560 bits per heavy atom. The topological polar surface area (TPSA) is 237 Å². The Labute approximate surface area is 607 Å². The third kappa shape index (κ3) is 72.1. The Kier molecular flexibility index (Phi) is 69.9. The minimum absolute atomic E-state index is 0.0222. The summed E-state index contributed by atoms with van der Waals surface area (Å²) in [6, 6.07) is 0. The van der Waals surface area contributed by atoms with Crippen LogP contribution in [0, 0.1) is 0 Å². The van der Waals surface area contributed by atoms with E-state index in [0.717, 1.165) is 103 Å². The summed E-state index contributed by atoms with van der Waals surface area (Å²) in [7, 11) is -9.98. The van der Waals surface area contributed by atoms with E-state index in [-0.39, 0.29) is 25.7 Å². The zero-order valence-corrected chi connectivity index (χ0v) is 64.6. The molecule has 0 spiro atoms. The number of unbranched alkanes of at least 4 members (excludes halogenated alkanes) is 30. The molecule has 0 saturated heterocycles. The lowest BCUT2D eigenvalue weighted by Gasteiger charge is -2.21. The third-order valence-electron chi connectivity index (χ3n) is 16.3. The fourth-order valence-electron chi connectivity index (χ4n) is 10.4. The number of carbonyl (C=O) groups is 4. The molecule has 5 unspecified atom stereocenters. The van der Waals surface area contributed by atoms with Crippen LogP contribution in [0.5, 0.6) is 0 Å². The minimum Gasteiger partial charge on any atom is -0.462 e. The number of phosphoric acid groups is 2. The van der Waals surface area contributed by atoms with Crippen LogP contribution in [0.3, 0.4) is 0 Å². The summed E-state index contributed by atoms with van der Waals surface area (Å²) in [4.78, 5) is 72.8. The molecule has 0 radical (unpaired) electrons. The maximum atomic E-state index is 13.1. The lowest BCUT2D eigenvalue weighted by atomic mass is 10.0. The summed E-state index contributed by atoms with van der Waals surface area (Å²) in [5.74, 6) is -2.35. The Morgan fingerprint density at radius 3 is 0.890 bits per heavy atom. The van der Waals surface area contributed by atoms with E-state index in [0.29, 0.717) is 32.1 Å². The van der Waals surface area contributed by atoms with Gasteiger partial charge in [-0.1, -0.05) is 317 Å². The molecule has 0 bridgehead atoms. The van der Waals surface area contributed by atoms with Gasteiger partial charge >= 0.3 is 39.5 Å². The maximum absolute atomic E-state index is 13.1. The molecule has 3 N–H and O–H groups in total. The van der Waals surface area contributed by atoms with Crippen LogP contribution in [0.4, 0.5) is 0 Å². The molecule has 0 aliphatic heterocycles. The van der Waals surface area contributed by atoms with E-state index in [1.165, 1.54) is 135 Å². The molecule has 19 heteroatoms. The van der Waals surface area contributed by atoms with E-state index in [2.05, 4.69) is 113 Å². The number of aliphatic hydroxyl groups is 1. The molecule has 0 amide bonds. The predicted octanol–water partition coefficient (Wildman–Crippen LogP) is 22.6. The van der Waals surface area contributed by atoms with Gasteiger partial charge in [-0.25, -0.2) is 9.13 Å². The quantitative estimate of drug-likeness (QED) is 0.0169. The van der Waals surface area contributed by atoms with Gasteiger partial charge < -0.3 is 33.8 Å². The van der Waals surface area contributed by atoms with Crippen LogP contribution in [-0.4, -0.2) is 96.7 Å². The largest absolute Gasteiger partial charge is 0.472 e. The van der Waals surface area contributed by atoms with Crippen LogP contribution in [0.1, 0.15) is 323 Å². The maximum Gasteiger partial charge on any atom is 0.472 e. The molecular formula is C81H140O17P2. The van der Waals surface area contributed by atoms with Gasteiger partial charge in [0.25, 0.3) is 0 Å². The van der Waals surface area contributed by atoms with Crippen molar-refractivity contribution in [2.75, 3.05) is 39.6 Å². The van der Waals surface area contributed by atoms with Gasteiger partial charge in [0.2, 0.25) is 0 Å². The van der Waals surface area contributed by atoms with E-state index in [4.69, 9.17) is 37.0 Å². The molecule has 576 valence electrons. The van der Waals surface area contributed by atoms with Gasteiger partial charge in [0.1, 0.15) is 19.3 Å². The second-order valence-electron chi connectivity index (χ2n) is 25.9. The number of hydrogen-bond acceptors (Lipinski definition) is 15. The first-order chi connectivity index (χ1) is 48.7. The lowest BCUT2D eigenvalue weighted by molar-refractivity contribution is -0.161. The first-order valence-corrected chi connectivity index (χ1v) is 42.1. The number of rotatable bonds is 73. The van der Waals surface area contributed by atoms with Gasteiger partial charge in [0.05, 0.1) is 32.8 Å². The van der Waals surface area contributed by atoms with Crippen molar-refractivity contribution in [3.63, 3.8) is 0 Å². The average Bonchev–Trinajstić information content (AvgIpc) is 1.01. The van der Waals surface area contributed by atoms with Gasteiger partial charge in [0, 0.05) is 19.3 Å². The fourth-order valence-corrected chi connectivity index (χ4v) is 12.0. The second kappa shape index (κ2) is 73.0. The highest BCUT2D eigenvalue weighted by Gasteiger charge is 2.30. The monoisotopic (exact) mass is 1450 g/mol. The van der Waals surface area contributed by atoms with Gasteiger partial charge in [-0.2, -0.15) is 0 Å². The molecule has 0 aliphatic rings. The molecule has 0 aliphatic carbocycles. The van der Waals surface area contributed by atoms with Crippen molar-refractivity contribution < 1.29 is 80.2 Å². The van der Waals surface area contributed by atoms with Crippen molar-refractivity contribution in [1.82, 2.24) is 0 Å². The van der Waals surface area contributed by atoms with Crippen molar-refractivity contribution in [2.45, 2.75) is 341 Å². The van der Waals surface area contributed by atoms with Crippen molar-refractivity contribution in [1.29, 1.82) is 0 Å². The Hall–Kier alpha value is -4.28. The molecule has 0 aromatic heterocycles. The highest BCUT2D eigenvalue weighted by atomic mass is 31.2. The number of allylic oxidation sites excluding steroid dienone is 17. The summed E-state index contributed by atoms with van der Waals surface area (Å²) in [5.41, 5.74) is 0. The summed E-state index contributed by atoms with van der Waals surface area (Å²) >= 11 is 0. The number of hydrogen-bond donors (Lipinski definition) is 3. The average molecular weight is 1450 g/mol. The lowest BCUT2D eigenvalue weighted by Crippen LogP contribution is -2.30. The van der Waals surface area contributed by atoms with E-state index in [9.17, 15) is 43.2 Å². The van der Waals surface area contributed by atoms with E-state index in [1.54, 1.807) is 6.08 Å². The number of carbonyl (C=O) groups excluding carboxylic acids is 4. The number of esters is 4. The normalized spacial score (nSPS) is 14.5. The first-order valence-electron chi connectivity index (χ1n) is 39.1. The highest BCUT2D eigenvalue weighted by Crippen LogP contribution is 2.45. The molecule has 0 aromatic rings. The van der Waals surface area contributed by atoms with Gasteiger partial charge in [-0.05, 0) is 89.9 Å². The number of aliphatic hydroxyl groups excluding tert-OH is 1. The van der Waals surface area contributed by atoms with Gasteiger partial charge in [-0.15, -0.1) is 0 Å². The van der Waals surface area contributed by atoms with Crippen LogP contribution in [0.2, 0.25) is 0 Å². The zero-order chi connectivity index (χ0) is 73.2. The van der Waals surface area contributed by atoms with Gasteiger partial charge in [-0.3, -0.25) is 37.3 Å². The summed E-state index contributed by atoms with van der Waals surface area (Å²) in [5, 5.41) is 10.6. The second-order valence-corrected chi connectivity index (χ2v) is 28.8. The smallest absolute Gasteiger partial charge is 0.462 e. The summed E-state index contributed by atoms with van der Waals surface area (Å²) < 4.78 is 68.4. The zero-order valence-electron chi connectivity index (χ0n) is 62.8. The van der Waals surface area contributed by atoms with Crippen molar-refractivity contribution in [2.24, 2.45) is 0 Å². The molecule has 100 heavy (non-hydrogen) atoms. The number of ether oxygens (including phenoxy) is 4. The summed E-state index contributed by atoms with van der Waals surface area (Å²) in [6.07, 6.45) is 78.2. The molecule has 0 saturated carbocycles. The molecule has 0 heterocycles. The van der Waals surface area contributed by atoms with E-state index in [1.807, 2.05) is 18.2 Å². The third-order valence-corrected chi connectivity index (χ3v) is 18.2. The number of phosphoric ester groups is 2. The highest BCUT2D eigenvalue weighted by molar-refractivity contribution is 7.47. The van der Waals surface area contributed by atoms with E-state index >= 15 is 0 Å². The first kappa shape index (κ1) is 95.7. The van der Waals surface area contributed by atoms with Gasteiger partial charge in [0.15, 0.2) is 12.2 Å². The fraction of sp³-hybridized carbons (Fsp3) is 0.728. The van der Waals surface area contributed by atoms with Crippen molar-refractivity contribution in [3.05, 3.63) is 109 Å². The molecule has 0 rings (SSSR count). The predicted molar refractivity (Wildman–Crippen MR) is 408 cm³/mol. The van der Waals surface area contributed by atoms with E-state index < -0.39 is 97.5 Å². The Bertz CT molecular complexity index is 2320. The Balaban J connectivity index is 5.43. The standard InChI is InChI=1S/C81H140O17P2/c1-5-9-13-17-21-25-29-33-37-41-45-49-53-57-61-65-78(83)91-71-76(97-80(85)67-63-59-55-51-47-43-39-35-31-27-23-19-15-11-7-3)73-95-99(87,88)93-69-75(82)70-94-100(89,90)96-74-77(98-81(86)68-64-60-56-52-48-44-40-36-32-28-24-20-16-12-8-4)72-92-79(84)66-62-58-54-50-46-42-38-34-30-26-22-18-14-10-6-2/h9,11,13,15,21,23,25,27,33,35,37,39,45,47,49,51,57,61,75-77,82H,5-8,10,12,14,16-20,22,24,26,28-32,34,36,38,40-44,46,48,50,52-56,58-60,62-74H2,1-4H3,(H,87,88)(H,89,90)/b13-9-,15-11-,25-21-,27-23-,37-33-,39-35-,49-45-,51-47-,61-57-. The minimum atomic E-state index is -5.00. The van der Waals surface area contributed by atoms with Crippen LogP contribution >= 0.6 is 15.6 Å². The molecule has 17 nitrogen and oxygen atoms in total. The van der Waals surface area contributed by atoms with Crippen LogP contribution < -0.4 is 0 Å². The Morgan fingerprint density at radius 1 is 0.300 bits per heavy atom. The van der Waals surface area contributed by atoms with Crippen LogP contribution in [0.15, 0.2) is 109 Å². The van der Waals surface area contributed by atoms with Crippen molar-refractivity contribution >= 4 is 39.5 Å². The SMILES string of the molecule is CC/C=C\C/C=C\C/C=C\C/C=C\C/C=C\CC(=O)OCC(COP(=O)(O)OCC(O)COP(=O)(O)OCC(COC(=O)CCCCCCCCCCCCCCCCC)OC(=O)CCCCCCCCCCCCCCCCC)OC(=O)CCCC/C=C\C/C=C\C/C=C\C/C=C\CC. The molecular weight excluding hydrogens is 1310 g/mol. The van der Waals surface area contributed by atoms with Crippen LogP contribution in [0.25, 0.3) is 0 Å².